The number of ketones is 1. The number of halogens is 1. The van der Waals surface area contributed by atoms with Gasteiger partial charge >= 0.3 is 11.9 Å². The molecule has 4 rings (SSSR count). The van der Waals surface area contributed by atoms with Crippen LogP contribution in [0.15, 0.2) is 54.1 Å². The number of amides is 1. The molecule has 0 aliphatic carbocycles. The predicted octanol–water partition coefficient (Wildman–Crippen LogP) is 4.83. The van der Waals surface area contributed by atoms with Crippen LogP contribution in [0.2, 0.25) is 5.02 Å². The number of nitrogens with zero attached hydrogens (tertiary/aromatic N) is 2. The number of ether oxygens (including phenoxy) is 1. The summed E-state index contributed by atoms with van der Waals surface area (Å²) in [6.45, 7) is 3.52. The number of aryl methyl sites for hydroxylation is 2. The first-order valence-electron chi connectivity index (χ1n) is 9.92. The number of carbonyl (C=O) groups is 3. The van der Waals surface area contributed by atoms with Gasteiger partial charge in [-0.2, -0.15) is 0 Å². The van der Waals surface area contributed by atoms with E-state index in [4.69, 9.17) is 16.3 Å². The van der Waals surface area contributed by atoms with Crippen LogP contribution in [0.25, 0.3) is 5.76 Å². The maximum atomic E-state index is 13.2. The molecule has 0 bridgehead atoms. The fourth-order valence-electron chi connectivity index (χ4n) is 3.66. The number of anilines is 1. The highest BCUT2D eigenvalue weighted by molar-refractivity contribution is 7.17. The van der Waals surface area contributed by atoms with E-state index in [0.717, 1.165) is 16.9 Å². The molecular weight excluding hydrogens is 464 g/mol. The topological polar surface area (TPSA) is 96.8 Å². The van der Waals surface area contributed by atoms with Gasteiger partial charge in [0.1, 0.15) is 10.6 Å². The van der Waals surface area contributed by atoms with E-state index in [1.54, 1.807) is 55.5 Å². The first kappa shape index (κ1) is 22.7. The monoisotopic (exact) mass is 482 g/mol. The van der Waals surface area contributed by atoms with Gasteiger partial charge in [-0.05, 0) is 31.5 Å². The lowest BCUT2D eigenvalue weighted by molar-refractivity contribution is -0.132. The Bertz CT molecular complexity index is 1310. The molecule has 3 aromatic rings. The van der Waals surface area contributed by atoms with Crippen molar-refractivity contribution in [3.05, 3.63) is 86.4 Å². The second-order valence-corrected chi connectivity index (χ2v) is 8.91. The van der Waals surface area contributed by atoms with Crippen LogP contribution in [0.3, 0.4) is 0 Å². The van der Waals surface area contributed by atoms with Crippen molar-refractivity contribution < 1.29 is 24.2 Å². The Morgan fingerprint density at radius 3 is 2.48 bits per heavy atom. The zero-order chi connectivity index (χ0) is 23.9. The summed E-state index contributed by atoms with van der Waals surface area (Å²) in [4.78, 5) is 44.2. The Morgan fingerprint density at radius 2 is 1.85 bits per heavy atom. The largest absolute Gasteiger partial charge is 0.507 e. The third kappa shape index (κ3) is 4.03. The summed E-state index contributed by atoms with van der Waals surface area (Å²) in [7, 11) is 1.25. The second-order valence-electron chi connectivity index (χ2n) is 7.49. The molecular formula is C24H19ClN2O5S. The van der Waals surface area contributed by atoms with Crippen LogP contribution < -0.4 is 4.90 Å². The summed E-state index contributed by atoms with van der Waals surface area (Å²) in [5.41, 5.74) is 2.18. The number of esters is 1. The molecule has 33 heavy (non-hydrogen) atoms. The van der Waals surface area contributed by atoms with Crippen LogP contribution in [0.1, 0.15) is 38.1 Å². The molecule has 1 amide bonds. The van der Waals surface area contributed by atoms with Crippen molar-refractivity contribution in [1.29, 1.82) is 0 Å². The maximum Gasteiger partial charge on any atom is 0.350 e. The molecule has 1 atom stereocenters. The minimum absolute atomic E-state index is 0.0846. The molecule has 1 aromatic heterocycles. The van der Waals surface area contributed by atoms with Crippen LogP contribution in [-0.2, 0) is 14.3 Å². The highest BCUT2D eigenvalue weighted by Gasteiger charge is 2.48. The number of benzene rings is 2. The first-order chi connectivity index (χ1) is 15.7. The molecule has 1 aliphatic rings. The first-order valence-corrected chi connectivity index (χ1v) is 11.1. The number of hydrogen-bond donors (Lipinski definition) is 1. The molecule has 1 fully saturated rings. The van der Waals surface area contributed by atoms with E-state index in [9.17, 15) is 19.5 Å². The SMILES string of the molecule is COC(=O)c1sc(N2C(=O)C(=O)/C(=C(/O)c3ccc(C)cc3)C2c2cccc(Cl)c2)nc1C. The Balaban J connectivity index is 1.94. The summed E-state index contributed by atoms with van der Waals surface area (Å²) < 4.78 is 4.79. The number of rotatable bonds is 4. The van der Waals surface area contributed by atoms with E-state index in [2.05, 4.69) is 4.98 Å². The number of methoxy groups -OCH3 is 1. The Morgan fingerprint density at radius 1 is 1.15 bits per heavy atom. The fraction of sp³-hybridized carbons (Fsp3) is 0.167. The smallest absolute Gasteiger partial charge is 0.350 e. The standard InChI is InChI=1S/C24H19ClN2O5S/c1-12-7-9-14(10-8-12)19(28)17-18(15-5-4-6-16(25)11-15)27(22(30)20(17)29)24-26-13(2)21(33-24)23(31)32-3/h4-11,18,28H,1-3H3/b19-17+. The molecule has 9 heteroatoms. The highest BCUT2D eigenvalue weighted by Crippen LogP contribution is 2.44. The van der Waals surface area contributed by atoms with Crippen molar-refractivity contribution >= 4 is 51.5 Å². The Hall–Kier alpha value is -3.49. The van der Waals surface area contributed by atoms with Gasteiger partial charge in [0.15, 0.2) is 5.13 Å². The van der Waals surface area contributed by atoms with Gasteiger partial charge in [-0.25, -0.2) is 9.78 Å². The Kier molecular flexibility index (Phi) is 6.05. The minimum atomic E-state index is -0.985. The van der Waals surface area contributed by atoms with Gasteiger partial charge in [0, 0.05) is 10.6 Å². The van der Waals surface area contributed by atoms with Gasteiger partial charge in [-0.3, -0.25) is 14.5 Å². The molecule has 1 unspecified atom stereocenters. The van der Waals surface area contributed by atoms with Crippen LogP contribution in [0.4, 0.5) is 5.13 Å². The molecule has 0 spiro atoms. The number of Topliss-reactive ketones (excluding diaryl/α,β-unsaturated/α-hetero) is 1. The summed E-state index contributed by atoms with van der Waals surface area (Å²) in [5, 5.41) is 11.7. The lowest BCUT2D eigenvalue weighted by Gasteiger charge is -2.23. The van der Waals surface area contributed by atoms with E-state index in [0.29, 0.717) is 21.8 Å². The van der Waals surface area contributed by atoms with Crippen molar-refractivity contribution in [3.8, 4) is 0 Å². The van der Waals surface area contributed by atoms with Gasteiger partial charge < -0.3 is 9.84 Å². The lowest BCUT2D eigenvalue weighted by atomic mass is 9.95. The number of hydrogen-bond acceptors (Lipinski definition) is 7. The number of carbonyl (C=O) groups excluding carboxylic acids is 3. The number of aromatic nitrogens is 1. The third-order valence-corrected chi connectivity index (χ3v) is 6.67. The van der Waals surface area contributed by atoms with E-state index in [1.807, 2.05) is 6.92 Å². The average Bonchev–Trinajstić information content (AvgIpc) is 3.30. The van der Waals surface area contributed by atoms with Gasteiger partial charge in [-0.1, -0.05) is 64.9 Å². The summed E-state index contributed by atoms with van der Waals surface area (Å²) >= 11 is 7.14. The van der Waals surface area contributed by atoms with E-state index >= 15 is 0 Å². The molecule has 2 heterocycles. The van der Waals surface area contributed by atoms with Crippen molar-refractivity contribution in [3.63, 3.8) is 0 Å². The molecule has 7 nitrogen and oxygen atoms in total. The maximum absolute atomic E-state index is 13.2. The van der Waals surface area contributed by atoms with E-state index < -0.39 is 23.7 Å². The number of aliphatic hydroxyl groups is 1. The fourth-order valence-corrected chi connectivity index (χ4v) is 4.87. The van der Waals surface area contributed by atoms with Gasteiger partial charge in [0.25, 0.3) is 5.78 Å². The zero-order valence-electron chi connectivity index (χ0n) is 18.0. The molecule has 168 valence electrons. The van der Waals surface area contributed by atoms with Crippen molar-refractivity contribution in [2.45, 2.75) is 19.9 Å². The Labute approximate surface area is 198 Å². The molecule has 2 aromatic carbocycles. The normalized spacial score (nSPS) is 17.5. The van der Waals surface area contributed by atoms with E-state index in [-0.39, 0.29) is 21.3 Å². The third-order valence-electron chi connectivity index (χ3n) is 5.30. The van der Waals surface area contributed by atoms with Gasteiger partial charge in [-0.15, -0.1) is 0 Å². The summed E-state index contributed by atoms with van der Waals surface area (Å²) in [5.74, 6) is -2.61. The highest BCUT2D eigenvalue weighted by atomic mass is 35.5. The van der Waals surface area contributed by atoms with Crippen LogP contribution in [0, 0.1) is 13.8 Å². The predicted molar refractivity (Wildman–Crippen MR) is 126 cm³/mol. The van der Waals surface area contributed by atoms with Crippen LogP contribution >= 0.6 is 22.9 Å². The van der Waals surface area contributed by atoms with Crippen molar-refractivity contribution in [1.82, 2.24) is 4.98 Å². The van der Waals surface area contributed by atoms with Crippen molar-refractivity contribution in [2.75, 3.05) is 12.0 Å². The quantitative estimate of drug-likeness (QED) is 0.248. The van der Waals surface area contributed by atoms with Crippen molar-refractivity contribution in [2.24, 2.45) is 0 Å². The molecule has 1 aliphatic heterocycles. The average molecular weight is 483 g/mol. The molecule has 1 saturated heterocycles. The summed E-state index contributed by atoms with van der Waals surface area (Å²) in [6.07, 6.45) is 0. The molecule has 0 radical (unpaired) electrons. The number of thiazole rings is 1. The van der Waals surface area contributed by atoms with Gasteiger partial charge in [0.05, 0.1) is 24.4 Å². The second kappa shape index (κ2) is 8.80. The van der Waals surface area contributed by atoms with E-state index in [1.165, 1.54) is 12.0 Å². The molecule has 0 saturated carbocycles. The van der Waals surface area contributed by atoms with Crippen LogP contribution in [0.5, 0.6) is 0 Å². The van der Waals surface area contributed by atoms with Crippen LogP contribution in [-0.4, -0.2) is 34.9 Å². The van der Waals surface area contributed by atoms with Gasteiger partial charge in [0.2, 0.25) is 0 Å². The lowest BCUT2D eigenvalue weighted by Crippen LogP contribution is -2.29. The molecule has 1 N–H and O–H groups in total. The zero-order valence-corrected chi connectivity index (χ0v) is 19.5. The number of aliphatic hydroxyl groups excluding tert-OH is 1. The minimum Gasteiger partial charge on any atom is -0.507 e. The summed E-state index contributed by atoms with van der Waals surface area (Å²) in [6, 6.07) is 12.6.